The normalized spacial score (nSPS) is 17.6. The van der Waals surface area contributed by atoms with E-state index in [1.165, 1.54) is 12.5 Å². The molecule has 0 saturated carbocycles. The van der Waals surface area contributed by atoms with E-state index in [1.54, 1.807) is 0 Å². The summed E-state index contributed by atoms with van der Waals surface area (Å²) < 4.78 is 0. The van der Waals surface area contributed by atoms with Gasteiger partial charge in [0.1, 0.15) is 0 Å². The summed E-state index contributed by atoms with van der Waals surface area (Å²) in [5.74, 6) is 0. The molecule has 12 heavy (non-hydrogen) atoms. The quantitative estimate of drug-likeness (QED) is 0.629. The zero-order valence-electron chi connectivity index (χ0n) is 6.85. The first-order valence-corrected chi connectivity index (χ1v) is 4.32. The van der Waals surface area contributed by atoms with Crippen LogP contribution in [0.4, 0.5) is 0 Å². The summed E-state index contributed by atoms with van der Waals surface area (Å²) in [7, 11) is 0. The highest BCUT2D eigenvalue weighted by Gasteiger charge is 2.17. The minimum Gasteiger partial charge on any atom is -0.393 e. The van der Waals surface area contributed by atoms with Gasteiger partial charge in [-0.05, 0) is 6.92 Å². The molecule has 1 unspecified atom stereocenters. The molecule has 0 aliphatic heterocycles. The van der Waals surface area contributed by atoms with E-state index < -0.39 is 5.60 Å². The van der Waals surface area contributed by atoms with Crippen LogP contribution in [0.15, 0.2) is 10.6 Å². The van der Waals surface area contributed by atoms with Crippen LogP contribution in [0.5, 0.6) is 0 Å². The minimum absolute atomic E-state index is 0.268. The molecule has 0 bridgehead atoms. The van der Waals surface area contributed by atoms with Crippen LogP contribution in [0.3, 0.4) is 0 Å². The van der Waals surface area contributed by atoms with Gasteiger partial charge in [-0.2, -0.15) is 0 Å². The molecule has 0 heterocycles. The second kappa shape index (κ2) is 5.78. The molecule has 1 atom stereocenters. The molecule has 0 aliphatic rings. The molecular formula is C7H13Cl2NO2. The van der Waals surface area contributed by atoms with E-state index in [1.807, 2.05) is 0 Å². The Bertz CT molecular complexity index is 159. The predicted molar refractivity (Wildman–Crippen MR) is 50.4 cm³/mol. The van der Waals surface area contributed by atoms with Crippen molar-refractivity contribution in [1.82, 2.24) is 5.32 Å². The van der Waals surface area contributed by atoms with Crippen LogP contribution in [0.2, 0.25) is 0 Å². The SMILES string of the molecule is CC(O)(CO)CNCC(Cl)=CCl. The van der Waals surface area contributed by atoms with E-state index in [9.17, 15) is 5.11 Å². The fourth-order valence-electron chi connectivity index (χ4n) is 0.546. The first kappa shape index (κ1) is 12.2. The Morgan fingerprint density at radius 3 is 2.67 bits per heavy atom. The number of aliphatic hydroxyl groups excluding tert-OH is 1. The zero-order valence-corrected chi connectivity index (χ0v) is 8.36. The molecule has 0 spiro atoms. The van der Waals surface area contributed by atoms with Crippen molar-refractivity contribution in [1.29, 1.82) is 0 Å². The van der Waals surface area contributed by atoms with Gasteiger partial charge in [0, 0.05) is 23.7 Å². The molecular weight excluding hydrogens is 201 g/mol. The molecule has 0 amide bonds. The Morgan fingerprint density at radius 2 is 2.25 bits per heavy atom. The molecule has 0 rings (SSSR count). The monoisotopic (exact) mass is 213 g/mol. The van der Waals surface area contributed by atoms with Crippen LogP contribution >= 0.6 is 23.2 Å². The zero-order chi connectivity index (χ0) is 9.61. The van der Waals surface area contributed by atoms with Crippen LogP contribution in [0, 0.1) is 0 Å². The summed E-state index contributed by atoms with van der Waals surface area (Å²) >= 11 is 10.8. The van der Waals surface area contributed by atoms with Crippen molar-refractivity contribution in [3.05, 3.63) is 10.6 Å². The van der Waals surface area contributed by atoms with Crippen molar-refractivity contribution in [2.45, 2.75) is 12.5 Å². The summed E-state index contributed by atoms with van der Waals surface area (Å²) in [4.78, 5) is 0. The predicted octanol–water partition coefficient (Wildman–Crippen LogP) is 0.638. The van der Waals surface area contributed by atoms with Crippen molar-refractivity contribution in [2.75, 3.05) is 19.7 Å². The van der Waals surface area contributed by atoms with Crippen LogP contribution in [-0.2, 0) is 0 Å². The number of halogens is 2. The largest absolute Gasteiger partial charge is 0.393 e. The van der Waals surface area contributed by atoms with Gasteiger partial charge in [0.2, 0.25) is 0 Å². The van der Waals surface area contributed by atoms with Gasteiger partial charge >= 0.3 is 0 Å². The van der Waals surface area contributed by atoms with Gasteiger partial charge in [-0.15, -0.1) is 0 Å². The van der Waals surface area contributed by atoms with Crippen LogP contribution < -0.4 is 5.32 Å². The molecule has 0 saturated heterocycles. The molecule has 0 fully saturated rings. The van der Waals surface area contributed by atoms with Crippen molar-refractivity contribution in [2.24, 2.45) is 0 Å². The van der Waals surface area contributed by atoms with Gasteiger partial charge in [-0.1, -0.05) is 23.2 Å². The standard InChI is InChI=1S/C7H13Cl2NO2/c1-7(12,5-11)4-10-3-6(9)2-8/h2,10-12H,3-5H2,1H3. The molecule has 3 nitrogen and oxygen atoms in total. The number of rotatable bonds is 5. The Labute approximate surface area is 82.0 Å². The molecule has 0 aromatic rings. The summed E-state index contributed by atoms with van der Waals surface area (Å²) in [5.41, 5.74) is 0.145. The third kappa shape index (κ3) is 5.80. The average molecular weight is 214 g/mol. The number of aliphatic hydroxyl groups is 2. The Kier molecular flexibility index (Phi) is 5.88. The van der Waals surface area contributed by atoms with E-state index >= 15 is 0 Å². The van der Waals surface area contributed by atoms with Crippen LogP contribution in [0.25, 0.3) is 0 Å². The summed E-state index contributed by atoms with van der Waals surface area (Å²) in [6.45, 7) is 1.90. The van der Waals surface area contributed by atoms with Gasteiger partial charge in [-0.25, -0.2) is 0 Å². The Hall–Kier alpha value is 0.200. The Morgan fingerprint density at radius 1 is 1.67 bits per heavy atom. The minimum atomic E-state index is -1.11. The Balaban J connectivity index is 3.56. The lowest BCUT2D eigenvalue weighted by atomic mass is 10.1. The molecule has 0 aromatic carbocycles. The maximum Gasteiger partial charge on any atom is 0.0972 e. The third-order valence-electron chi connectivity index (χ3n) is 1.26. The van der Waals surface area contributed by atoms with E-state index in [-0.39, 0.29) is 13.2 Å². The second-order valence-electron chi connectivity index (χ2n) is 2.81. The molecule has 3 N–H and O–H groups in total. The van der Waals surface area contributed by atoms with Gasteiger partial charge in [0.05, 0.1) is 12.2 Å². The molecule has 5 heteroatoms. The topological polar surface area (TPSA) is 52.5 Å². The highest BCUT2D eigenvalue weighted by molar-refractivity contribution is 6.36. The highest BCUT2D eigenvalue weighted by Crippen LogP contribution is 2.02. The first-order chi connectivity index (χ1) is 5.52. The fourth-order valence-corrected chi connectivity index (χ4v) is 0.717. The van der Waals surface area contributed by atoms with Gasteiger partial charge in [0.25, 0.3) is 0 Å². The van der Waals surface area contributed by atoms with E-state index in [2.05, 4.69) is 5.32 Å². The van der Waals surface area contributed by atoms with Crippen molar-refractivity contribution < 1.29 is 10.2 Å². The molecule has 0 aliphatic carbocycles. The van der Waals surface area contributed by atoms with E-state index in [4.69, 9.17) is 28.3 Å². The van der Waals surface area contributed by atoms with E-state index in [0.29, 0.717) is 11.6 Å². The maximum atomic E-state index is 9.30. The molecule has 72 valence electrons. The van der Waals surface area contributed by atoms with Crippen LogP contribution in [-0.4, -0.2) is 35.5 Å². The van der Waals surface area contributed by atoms with Crippen molar-refractivity contribution in [3.63, 3.8) is 0 Å². The summed E-state index contributed by atoms with van der Waals surface area (Å²) in [5, 5.41) is 21.2. The summed E-state index contributed by atoms with van der Waals surface area (Å²) in [6, 6.07) is 0. The van der Waals surface area contributed by atoms with Crippen molar-refractivity contribution in [3.8, 4) is 0 Å². The molecule has 0 aromatic heterocycles. The summed E-state index contributed by atoms with van der Waals surface area (Å²) in [6.07, 6.45) is 0. The number of hydrogen-bond donors (Lipinski definition) is 3. The number of nitrogens with one attached hydrogen (secondary N) is 1. The van der Waals surface area contributed by atoms with Gasteiger partial charge in [0.15, 0.2) is 0 Å². The fraction of sp³-hybridized carbons (Fsp3) is 0.714. The van der Waals surface area contributed by atoms with Crippen LogP contribution in [0.1, 0.15) is 6.92 Å². The van der Waals surface area contributed by atoms with Crippen molar-refractivity contribution >= 4 is 23.2 Å². The lowest BCUT2D eigenvalue weighted by Crippen LogP contribution is -2.41. The molecule has 0 radical (unpaired) electrons. The average Bonchev–Trinajstić information content (AvgIpc) is 2.04. The lowest BCUT2D eigenvalue weighted by molar-refractivity contribution is 0.00345. The third-order valence-corrected chi connectivity index (χ3v) is 1.88. The lowest BCUT2D eigenvalue weighted by Gasteiger charge is -2.20. The highest BCUT2D eigenvalue weighted by atomic mass is 35.5. The van der Waals surface area contributed by atoms with Gasteiger partial charge < -0.3 is 15.5 Å². The van der Waals surface area contributed by atoms with E-state index in [0.717, 1.165) is 0 Å². The number of hydrogen-bond acceptors (Lipinski definition) is 3. The smallest absolute Gasteiger partial charge is 0.0972 e. The second-order valence-corrected chi connectivity index (χ2v) is 3.52. The first-order valence-electron chi connectivity index (χ1n) is 3.50. The maximum absolute atomic E-state index is 9.30. The van der Waals surface area contributed by atoms with Gasteiger partial charge in [-0.3, -0.25) is 0 Å².